The fraction of sp³-hybridized carbons (Fsp3) is 0.261. The zero-order valence-electron chi connectivity index (χ0n) is 17.4. The molecule has 0 unspecified atom stereocenters. The van der Waals surface area contributed by atoms with Crippen LogP contribution < -0.4 is 0 Å². The number of aryl methyl sites for hydroxylation is 1. The summed E-state index contributed by atoms with van der Waals surface area (Å²) in [5, 5.41) is 0. The molecule has 8 heteroatoms. The van der Waals surface area contributed by atoms with E-state index < -0.39 is 27.6 Å². The largest absolute Gasteiger partial charge is 0.264 e. The normalized spacial score (nSPS) is 11.7. The minimum atomic E-state index is -3.72. The maximum atomic E-state index is 15.0. The van der Waals surface area contributed by atoms with Crippen molar-refractivity contribution >= 4 is 10.1 Å². The van der Waals surface area contributed by atoms with Crippen molar-refractivity contribution in [1.82, 2.24) is 4.98 Å². The lowest BCUT2D eigenvalue weighted by atomic mass is 9.90. The van der Waals surface area contributed by atoms with Crippen molar-refractivity contribution in [2.45, 2.75) is 33.3 Å². The molecule has 3 aromatic rings. The van der Waals surface area contributed by atoms with Crippen LogP contribution in [0.15, 0.2) is 42.5 Å². The van der Waals surface area contributed by atoms with Crippen molar-refractivity contribution in [2.24, 2.45) is 0 Å². The molecule has 0 aliphatic heterocycles. The lowest BCUT2D eigenvalue weighted by Gasteiger charge is -2.18. The van der Waals surface area contributed by atoms with Crippen molar-refractivity contribution < 1.29 is 25.8 Å². The van der Waals surface area contributed by atoms with Gasteiger partial charge in [0.1, 0.15) is 6.61 Å². The highest BCUT2D eigenvalue weighted by Gasteiger charge is 2.26. The van der Waals surface area contributed by atoms with Gasteiger partial charge in [-0.3, -0.25) is 4.18 Å². The average molecular weight is 449 g/mol. The van der Waals surface area contributed by atoms with E-state index in [1.165, 1.54) is 6.07 Å². The molecule has 164 valence electrons. The van der Waals surface area contributed by atoms with Gasteiger partial charge in [-0.25, -0.2) is 18.2 Å². The van der Waals surface area contributed by atoms with Gasteiger partial charge < -0.3 is 0 Å². The van der Waals surface area contributed by atoms with Crippen molar-refractivity contribution in [1.29, 1.82) is 0 Å². The number of benzene rings is 2. The molecule has 0 fully saturated rings. The Kier molecular flexibility index (Phi) is 6.81. The fourth-order valence-corrected chi connectivity index (χ4v) is 3.84. The molecule has 0 aliphatic rings. The van der Waals surface area contributed by atoms with Gasteiger partial charge in [0.25, 0.3) is 10.1 Å². The van der Waals surface area contributed by atoms with Gasteiger partial charge >= 0.3 is 0 Å². The van der Waals surface area contributed by atoms with Crippen molar-refractivity contribution in [3.8, 4) is 22.4 Å². The smallest absolute Gasteiger partial charge is 0.264 e. The highest BCUT2D eigenvalue weighted by molar-refractivity contribution is 7.85. The molecule has 4 nitrogen and oxygen atoms in total. The molecule has 0 saturated heterocycles. The van der Waals surface area contributed by atoms with E-state index >= 15 is 0 Å². The summed E-state index contributed by atoms with van der Waals surface area (Å²) < 4.78 is 72.1. The summed E-state index contributed by atoms with van der Waals surface area (Å²) in [6, 6.07) is 11.5. The van der Waals surface area contributed by atoms with Crippen LogP contribution in [0.2, 0.25) is 0 Å². The Morgan fingerprint density at radius 2 is 1.52 bits per heavy atom. The van der Waals surface area contributed by atoms with Crippen LogP contribution >= 0.6 is 0 Å². The Bertz CT molecular complexity index is 1210. The van der Waals surface area contributed by atoms with E-state index in [2.05, 4.69) is 4.98 Å². The van der Waals surface area contributed by atoms with Crippen LogP contribution in [0.1, 0.15) is 30.7 Å². The number of hydrogen-bond donors (Lipinski definition) is 0. The zero-order valence-corrected chi connectivity index (χ0v) is 18.2. The quantitative estimate of drug-likeness (QED) is 0.356. The maximum Gasteiger partial charge on any atom is 0.264 e. The Morgan fingerprint density at radius 1 is 0.871 bits per heavy atom. The van der Waals surface area contributed by atoms with E-state index in [4.69, 9.17) is 4.18 Å². The number of aromatic nitrogens is 1. The molecule has 0 amide bonds. The third-order valence-corrected chi connectivity index (χ3v) is 5.51. The van der Waals surface area contributed by atoms with Crippen molar-refractivity contribution in [3.05, 3.63) is 76.7 Å². The van der Waals surface area contributed by atoms with Crippen LogP contribution in [0.3, 0.4) is 0 Å². The number of nitrogens with zero attached hydrogens (tertiary/aromatic N) is 1. The number of rotatable bonds is 7. The highest BCUT2D eigenvalue weighted by Crippen LogP contribution is 2.38. The molecule has 0 spiro atoms. The van der Waals surface area contributed by atoms with Crippen molar-refractivity contribution in [3.63, 3.8) is 0 Å². The molecule has 0 N–H and O–H groups in total. The minimum Gasteiger partial charge on any atom is -0.264 e. The van der Waals surface area contributed by atoms with Crippen LogP contribution in [0.4, 0.5) is 13.2 Å². The predicted molar refractivity (Wildman–Crippen MR) is 113 cm³/mol. The molecule has 31 heavy (non-hydrogen) atoms. The van der Waals surface area contributed by atoms with Gasteiger partial charge in [-0.1, -0.05) is 50.2 Å². The van der Waals surface area contributed by atoms with Crippen molar-refractivity contribution in [2.75, 3.05) is 6.26 Å². The summed E-state index contributed by atoms with van der Waals surface area (Å²) in [5.41, 5.74) is 1.59. The second-order valence-corrected chi connectivity index (χ2v) is 8.66. The van der Waals surface area contributed by atoms with Crippen LogP contribution in [-0.2, 0) is 33.7 Å². The first kappa shape index (κ1) is 23.0. The van der Waals surface area contributed by atoms with E-state index in [9.17, 15) is 21.6 Å². The van der Waals surface area contributed by atoms with E-state index in [0.717, 1.165) is 6.26 Å². The lowest BCUT2D eigenvalue weighted by molar-refractivity contribution is 0.306. The molecule has 1 heterocycles. The van der Waals surface area contributed by atoms with E-state index in [0.29, 0.717) is 17.5 Å². The van der Waals surface area contributed by atoms with Gasteiger partial charge in [0.2, 0.25) is 0 Å². The second-order valence-electron chi connectivity index (χ2n) is 7.01. The Hall–Kier alpha value is -2.71. The molecular formula is C23H22F3NO3S. The third-order valence-electron chi connectivity index (χ3n) is 4.96. The summed E-state index contributed by atoms with van der Waals surface area (Å²) in [7, 11) is -3.72. The van der Waals surface area contributed by atoms with Crippen LogP contribution in [0.5, 0.6) is 0 Å². The van der Waals surface area contributed by atoms with E-state index in [1.807, 2.05) is 6.92 Å². The second kappa shape index (κ2) is 9.20. The molecule has 2 aromatic carbocycles. The van der Waals surface area contributed by atoms with E-state index in [-0.39, 0.29) is 41.1 Å². The monoisotopic (exact) mass is 449 g/mol. The number of hydrogen-bond acceptors (Lipinski definition) is 4. The van der Waals surface area contributed by atoms with Crippen LogP contribution in [-0.4, -0.2) is 19.7 Å². The predicted octanol–water partition coefficient (Wildman–Crippen LogP) is 5.43. The van der Waals surface area contributed by atoms with Crippen LogP contribution in [0.25, 0.3) is 22.4 Å². The molecule has 0 atom stereocenters. The van der Waals surface area contributed by atoms with E-state index in [1.54, 1.807) is 43.3 Å². The van der Waals surface area contributed by atoms with Crippen LogP contribution in [0, 0.1) is 17.5 Å². The number of pyridine rings is 1. The summed E-state index contributed by atoms with van der Waals surface area (Å²) in [6.45, 7) is 3.23. The topological polar surface area (TPSA) is 56.3 Å². The summed E-state index contributed by atoms with van der Waals surface area (Å²) in [4.78, 5) is 4.37. The zero-order chi connectivity index (χ0) is 22.8. The van der Waals surface area contributed by atoms with Gasteiger partial charge in [-0.15, -0.1) is 0 Å². The first-order valence-electron chi connectivity index (χ1n) is 9.76. The molecule has 0 saturated carbocycles. The summed E-state index contributed by atoms with van der Waals surface area (Å²) >= 11 is 0. The third kappa shape index (κ3) is 4.80. The standard InChI is InChI=1S/C23H22F3NO3S/c1-4-14-11-12-17(27-18(14)13-30-31(3,28)29)20-16(5-2)19(15-9-7-6-8-10-15)21(24)23(26)22(20)25/h6-12H,4-5,13H2,1-3H3. The number of halogens is 3. The SMILES string of the molecule is CCc1ccc(-c2c(F)c(F)c(F)c(-c3ccccc3)c2CC)nc1COS(C)(=O)=O. The molecule has 0 radical (unpaired) electrons. The molecule has 1 aromatic heterocycles. The molecule has 0 aliphatic carbocycles. The highest BCUT2D eigenvalue weighted by atomic mass is 32.2. The fourth-order valence-electron chi connectivity index (χ4n) is 3.51. The molecular weight excluding hydrogens is 427 g/mol. The Morgan fingerprint density at radius 3 is 2.10 bits per heavy atom. The Balaban J connectivity index is 2.26. The van der Waals surface area contributed by atoms with Gasteiger partial charge in [-0.05, 0) is 35.6 Å². The lowest BCUT2D eigenvalue weighted by Crippen LogP contribution is -2.09. The van der Waals surface area contributed by atoms with Gasteiger partial charge in [0.15, 0.2) is 17.5 Å². The Labute approximate surface area is 179 Å². The van der Waals surface area contributed by atoms with Gasteiger partial charge in [0, 0.05) is 11.1 Å². The van der Waals surface area contributed by atoms with Gasteiger partial charge in [0.05, 0.1) is 17.6 Å². The summed E-state index contributed by atoms with van der Waals surface area (Å²) in [6.07, 6.45) is 1.67. The first-order valence-corrected chi connectivity index (χ1v) is 11.6. The molecule has 0 bridgehead atoms. The first-order chi connectivity index (χ1) is 14.7. The average Bonchev–Trinajstić information content (AvgIpc) is 2.75. The van der Waals surface area contributed by atoms with Gasteiger partial charge in [-0.2, -0.15) is 8.42 Å². The maximum absolute atomic E-state index is 15.0. The summed E-state index contributed by atoms with van der Waals surface area (Å²) in [5.74, 6) is -4.17. The minimum absolute atomic E-state index is 0.0210. The molecule has 3 rings (SSSR count).